The zero-order valence-electron chi connectivity index (χ0n) is 16.2. The Morgan fingerprint density at radius 3 is 2.45 bits per heavy atom. The maximum atomic E-state index is 13.3. The third kappa shape index (κ3) is 3.83. The van der Waals surface area contributed by atoms with E-state index in [0.29, 0.717) is 37.2 Å². The first-order chi connectivity index (χ1) is 14.1. The number of rotatable bonds is 3. The van der Waals surface area contributed by atoms with Gasteiger partial charge in [-0.05, 0) is 49.2 Å². The van der Waals surface area contributed by atoms with Gasteiger partial charge in [0.15, 0.2) is 0 Å². The number of hydrogen-bond donors (Lipinski definition) is 1. The predicted molar refractivity (Wildman–Crippen MR) is 110 cm³/mol. The second-order valence-corrected chi connectivity index (χ2v) is 7.26. The van der Waals surface area contributed by atoms with Crippen LogP contribution in [-0.2, 0) is 4.79 Å². The largest absolute Gasteiger partial charge is 0.359 e. The summed E-state index contributed by atoms with van der Waals surface area (Å²) < 4.78 is 13.3. The molecule has 1 aliphatic rings. The number of halogens is 1. The van der Waals surface area contributed by atoms with Crippen molar-refractivity contribution in [2.75, 3.05) is 20.1 Å². The second-order valence-electron chi connectivity index (χ2n) is 7.26. The molecular formula is C23H22FN3O2. The molecule has 0 spiro atoms. The lowest BCUT2D eigenvalue weighted by molar-refractivity contribution is -0.125. The number of piperidine rings is 1. The van der Waals surface area contributed by atoms with Gasteiger partial charge >= 0.3 is 0 Å². The standard InChI is InChI=1S/C23H22FN3O2/c1-25-22(28)16-10-12-27(13-11-16)23(29)19-14-21(15-6-8-17(24)9-7-15)26-20-5-3-2-4-18(19)20/h2-9,14,16H,10-13H2,1H3,(H,25,28). The molecule has 0 unspecified atom stereocenters. The van der Waals surface area contributed by atoms with Crippen LogP contribution in [0.1, 0.15) is 23.2 Å². The fourth-order valence-corrected chi connectivity index (χ4v) is 3.84. The number of amides is 2. The molecule has 4 rings (SSSR count). The summed E-state index contributed by atoms with van der Waals surface area (Å²) in [6.07, 6.45) is 1.30. The molecular weight excluding hydrogens is 369 g/mol. The molecule has 6 heteroatoms. The van der Waals surface area contributed by atoms with E-state index in [0.717, 1.165) is 16.5 Å². The topological polar surface area (TPSA) is 62.3 Å². The number of para-hydroxylation sites is 1. The zero-order valence-corrected chi connectivity index (χ0v) is 16.2. The second kappa shape index (κ2) is 7.99. The van der Waals surface area contributed by atoms with Crippen molar-refractivity contribution in [3.05, 3.63) is 66.0 Å². The van der Waals surface area contributed by atoms with Gasteiger partial charge in [-0.2, -0.15) is 0 Å². The summed E-state index contributed by atoms with van der Waals surface area (Å²) in [7, 11) is 1.64. The molecule has 29 heavy (non-hydrogen) atoms. The van der Waals surface area contributed by atoms with Gasteiger partial charge in [0.25, 0.3) is 5.91 Å². The van der Waals surface area contributed by atoms with Crippen LogP contribution in [0.4, 0.5) is 4.39 Å². The molecule has 1 fully saturated rings. The number of aromatic nitrogens is 1. The van der Waals surface area contributed by atoms with E-state index in [1.165, 1.54) is 12.1 Å². The highest BCUT2D eigenvalue weighted by molar-refractivity contribution is 6.07. The molecule has 0 aliphatic carbocycles. The highest BCUT2D eigenvalue weighted by Gasteiger charge is 2.28. The monoisotopic (exact) mass is 391 g/mol. The van der Waals surface area contributed by atoms with Crippen molar-refractivity contribution in [1.29, 1.82) is 0 Å². The van der Waals surface area contributed by atoms with Gasteiger partial charge in [-0.15, -0.1) is 0 Å². The van der Waals surface area contributed by atoms with E-state index < -0.39 is 0 Å². The predicted octanol–water partition coefficient (Wildman–Crippen LogP) is 3.64. The smallest absolute Gasteiger partial charge is 0.254 e. The molecule has 0 bridgehead atoms. The van der Waals surface area contributed by atoms with Crippen LogP contribution < -0.4 is 5.32 Å². The summed E-state index contributed by atoms with van der Waals surface area (Å²) in [6.45, 7) is 1.08. The molecule has 5 nitrogen and oxygen atoms in total. The van der Waals surface area contributed by atoms with Crippen molar-refractivity contribution >= 4 is 22.7 Å². The molecule has 2 heterocycles. The fraction of sp³-hybridized carbons (Fsp3) is 0.261. The van der Waals surface area contributed by atoms with Crippen LogP contribution in [-0.4, -0.2) is 41.8 Å². The van der Waals surface area contributed by atoms with Gasteiger partial charge in [0, 0.05) is 37.0 Å². The van der Waals surface area contributed by atoms with Crippen LogP contribution in [0.2, 0.25) is 0 Å². The number of fused-ring (bicyclic) bond motifs is 1. The van der Waals surface area contributed by atoms with Crippen molar-refractivity contribution in [3.63, 3.8) is 0 Å². The maximum absolute atomic E-state index is 13.3. The van der Waals surface area contributed by atoms with Crippen LogP contribution in [0.15, 0.2) is 54.6 Å². The van der Waals surface area contributed by atoms with Crippen LogP contribution in [0.25, 0.3) is 22.2 Å². The van der Waals surface area contributed by atoms with Crippen molar-refractivity contribution in [2.24, 2.45) is 5.92 Å². The van der Waals surface area contributed by atoms with E-state index in [-0.39, 0.29) is 23.5 Å². The molecule has 2 amide bonds. The summed E-state index contributed by atoms with van der Waals surface area (Å²) in [6, 6.07) is 15.4. The lowest BCUT2D eigenvalue weighted by Gasteiger charge is -2.31. The Kier molecular flexibility index (Phi) is 5.25. The molecule has 2 aromatic carbocycles. The van der Waals surface area contributed by atoms with E-state index in [2.05, 4.69) is 10.3 Å². The SMILES string of the molecule is CNC(=O)C1CCN(C(=O)c2cc(-c3ccc(F)cc3)nc3ccccc23)CC1. The summed E-state index contributed by atoms with van der Waals surface area (Å²) in [5.74, 6) is -0.398. The number of carbonyl (C=O) groups excluding carboxylic acids is 2. The van der Waals surface area contributed by atoms with E-state index in [1.54, 1.807) is 30.1 Å². The van der Waals surface area contributed by atoms with Crippen LogP contribution in [0, 0.1) is 11.7 Å². The number of carbonyl (C=O) groups is 2. The van der Waals surface area contributed by atoms with Crippen LogP contribution >= 0.6 is 0 Å². The van der Waals surface area contributed by atoms with Gasteiger partial charge in [0.1, 0.15) is 5.82 Å². The van der Waals surface area contributed by atoms with E-state index >= 15 is 0 Å². The Hall–Kier alpha value is -3.28. The van der Waals surface area contributed by atoms with E-state index in [4.69, 9.17) is 0 Å². The molecule has 1 aromatic heterocycles. The fourth-order valence-electron chi connectivity index (χ4n) is 3.84. The van der Waals surface area contributed by atoms with E-state index in [9.17, 15) is 14.0 Å². The Morgan fingerprint density at radius 1 is 1.07 bits per heavy atom. The molecule has 1 saturated heterocycles. The van der Waals surface area contributed by atoms with Gasteiger partial charge in [0.05, 0.1) is 16.8 Å². The lowest BCUT2D eigenvalue weighted by atomic mass is 9.95. The number of nitrogens with one attached hydrogen (secondary N) is 1. The Labute approximate surface area is 168 Å². The highest BCUT2D eigenvalue weighted by atomic mass is 19.1. The highest BCUT2D eigenvalue weighted by Crippen LogP contribution is 2.27. The van der Waals surface area contributed by atoms with Crippen molar-refractivity contribution in [1.82, 2.24) is 15.2 Å². The molecule has 0 saturated carbocycles. The summed E-state index contributed by atoms with van der Waals surface area (Å²) in [5.41, 5.74) is 2.68. The first kappa shape index (κ1) is 19.1. The average molecular weight is 391 g/mol. The average Bonchev–Trinajstić information content (AvgIpc) is 2.78. The number of likely N-dealkylation sites (tertiary alicyclic amines) is 1. The third-order valence-electron chi connectivity index (χ3n) is 5.49. The molecule has 0 atom stereocenters. The van der Waals surface area contributed by atoms with Gasteiger partial charge in [-0.1, -0.05) is 18.2 Å². The normalized spacial score (nSPS) is 14.8. The van der Waals surface area contributed by atoms with Crippen LogP contribution in [0.3, 0.4) is 0 Å². The van der Waals surface area contributed by atoms with E-state index in [1.807, 2.05) is 24.3 Å². The maximum Gasteiger partial charge on any atom is 0.254 e. The minimum atomic E-state index is -0.315. The number of benzene rings is 2. The number of nitrogens with zero attached hydrogens (tertiary/aromatic N) is 2. The van der Waals surface area contributed by atoms with Crippen LogP contribution in [0.5, 0.6) is 0 Å². The molecule has 0 radical (unpaired) electrons. The minimum absolute atomic E-state index is 0.0325. The van der Waals surface area contributed by atoms with Gasteiger partial charge in [0.2, 0.25) is 5.91 Å². The first-order valence-corrected chi connectivity index (χ1v) is 9.73. The minimum Gasteiger partial charge on any atom is -0.359 e. The van der Waals surface area contributed by atoms with Crippen molar-refractivity contribution in [3.8, 4) is 11.3 Å². The number of hydrogen-bond acceptors (Lipinski definition) is 3. The quantitative estimate of drug-likeness (QED) is 0.742. The lowest BCUT2D eigenvalue weighted by Crippen LogP contribution is -2.42. The molecule has 148 valence electrons. The summed E-state index contributed by atoms with van der Waals surface area (Å²) in [5, 5.41) is 3.48. The first-order valence-electron chi connectivity index (χ1n) is 9.73. The zero-order chi connectivity index (χ0) is 20.4. The Morgan fingerprint density at radius 2 is 1.76 bits per heavy atom. The Balaban J connectivity index is 1.68. The summed E-state index contributed by atoms with van der Waals surface area (Å²) >= 11 is 0. The third-order valence-corrected chi connectivity index (χ3v) is 5.49. The molecule has 1 N–H and O–H groups in total. The van der Waals surface area contributed by atoms with Crippen molar-refractivity contribution in [2.45, 2.75) is 12.8 Å². The molecule has 3 aromatic rings. The molecule has 1 aliphatic heterocycles. The Bertz CT molecular complexity index is 1060. The van der Waals surface area contributed by atoms with Crippen molar-refractivity contribution < 1.29 is 14.0 Å². The number of pyridine rings is 1. The van der Waals surface area contributed by atoms with Gasteiger partial charge in [-0.3, -0.25) is 9.59 Å². The van der Waals surface area contributed by atoms with Gasteiger partial charge < -0.3 is 10.2 Å². The van der Waals surface area contributed by atoms with Gasteiger partial charge in [-0.25, -0.2) is 9.37 Å². The summed E-state index contributed by atoms with van der Waals surface area (Å²) in [4.78, 5) is 31.7.